The Kier molecular flexibility index (Phi) is 6.14. The Hall–Kier alpha value is -3.54. The van der Waals surface area contributed by atoms with E-state index in [9.17, 15) is 4.79 Å². The van der Waals surface area contributed by atoms with E-state index < -0.39 is 6.09 Å². The monoisotopic (exact) mass is 457 g/mol. The van der Waals surface area contributed by atoms with Crippen LogP contribution >= 0.6 is 0 Å². The number of ether oxygens (including phenoxy) is 2. The van der Waals surface area contributed by atoms with Gasteiger partial charge in [-0.05, 0) is 75.9 Å². The molecule has 3 aromatic rings. The Bertz CT molecular complexity index is 1260. The van der Waals surface area contributed by atoms with Gasteiger partial charge in [0.05, 0.1) is 36.2 Å². The van der Waals surface area contributed by atoms with Gasteiger partial charge in [-0.3, -0.25) is 10.3 Å². The minimum absolute atomic E-state index is 0.165. The lowest BCUT2D eigenvalue weighted by atomic mass is 9.92. The zero-order valence-corrected chi connectivity index (χ0v) is 20.0. The van der Waals surface area contributed by atoms with E-state index in [1.54, 1.807) is 0 Å². The second-order valence-corrected chi connectivity index (χ2v) is 9.08. The Balaban J connectivity index is 1.64. The standard InChI is InChI=1S/C28H31N3O3/c1-4-33-22-14-15-23-25(17-22)31(21-7-5-8-21)27(26(23)24-9-6-16-29-24)19-10-12-20(13-11-19)30-28(32)34-18(2)3/h6,9-15,17-18,21H,4-5,7-8,16H2,1-3H3,(H,30,32). The summed E-state index contributed by atoms with van der Waals surface area (Å²) < 4.78 is 13.5. The molecule has 1 saturated carbocycles. The van der Waals surface area contributed by atoms with Crippen LogP contribution in [-0.4, -0.2) is 35.6 Å². The Labute approximate surface area is 200 Å². The molecule has 0 saturated heterocycles. The Morgan fingerprint density at radius 2 is 1.97 bits per heavy atom. The van der Waals surface area contributed by atoms with Crippen molar-refractivity contribution in [3.05, 3.63) is 60.2 Å². The number of fused-ring (bicyclic) bond motifs is 1. The van der Waals surface area contributed by atoms with E-state index in [4.69, 9.17) is 14.5 Å². The fourth-order valence-electron chi connectivity index (χ4n) is 4.72. The van der Waals surface area contributed by atoms with Gasteiger partial charge in [-0.15, -0.1) is 0 Å². The second-order valence-electron chi connectivity index (χ2n) is 9.08. The molecule has 0 bridgehead atoms. The third-order valence-corrected chi connectivity index (χ3v) is 6.37. The quantitative estimate of drug-likeness (QED) is 0.427. The molecule has 1 fully saturated rings. The van der Waals surface area contributed by atoms with E-state index in [1.165, 1.54) is 28.6 Å². The summed E-state index contributed by atoms with van der Waals surface area (Å²) in [6.45, 7) is 7.03. The summed E-state index contributed by atoms with van der Waals surface area (Å²) in [5.74, 6) is 0.887. The van der Waals surface area contributed by atoms with Crippen molar-refractivity contribution in [2.75, 3.05) is 18.5 Å². The predicted octanol–water partition coefficient (Wildman–Crippen LogP) is 6.75. The molecule has 1 aromatic heterocycles. The second kappa shape index (κ2) is 9.37. The van der Waals surface area contributed by atoms with Gasteiger partial charge in [0.15, 0.2) is 0 Å². The van der Waals surface area contributed by atoms with Crippen molar-refractivity contribution in [3.63, 3.8) is 0 Å². The molecule has 1 amide bonds. The summed E-state index contributed by atoms with van der Waals surface area (Å²) in [6, 6.07) is 14.8. The molecule has 6 heteroatoms. The van der Waals surface area contributed by atoms with Crippen molar-refractivity contribution in [1.29, 1.82) is 0 Å². The first-order valence-corrected chi connectivity index (χ1v) is 12.1. The third kappa shape index (κ3) is 4.20. The Morgan fingerprint density at radius 1 is 1.18 bits per heavy atom. The molecule has 0 unspecified atom stereocenters. The number of nitrogens with one attached hydrogen (secondary N) is 1. The van der Waals surface area contributed by atoms with Crippen molar-refractivity contribution in [2.45, 2.75) is 52.2 Å². The highest BCUT2D eigenvalue weighted by atomic mass is 16.6. The minimum atomic E-state index is -0.444. The van der Waals surface area contributed by atoms with E-state index in [0.717, 1.165) is 29.9 Å². The predicted molar refractivity (Wildman–Crippen MR) is 137 cm³/mol. The summed E-state index contributed by atoms with van der Waals surface area (Å²) in [6.07, 6.45) is 7.19. The fourth-order valence-corrected chi connectivity index (χ4v) is 4.72. The van der Waals surface area contributed by atoms with Crippen LogP contribution in [-0.2, 0) is 4.74 Å². The maximum atomic E-state index is 12.0. The maximum absolute atomic E-state index is 12.0. The molecule has 0 atom stereocenters. The molecule has 0 radical (unpaired) electrons. The van der Waals surface area contributed by atoms with Crippen molar-refractivity contribution in [1.82, 2.24) is 4.57 Å². The smallest absolute Gasteiger partial charge is 0.411 e. The van der Waals surface area contributed by atoms with Gasteiger partial charge in [0.2, 0.25) is 0 Å². The Morgan fingerprint density at radius 3 is 2.59 bits per heavy atom. The molecule has 34 heavy (non-hydrogen) atoms. The first kappa shape index (κ1) is 22.3. The molecule has 1 aliphatic carbocycles. The molecule has 5 rings (SSSR count). The van der Waals surface area contributed by atoms with E-state index in [2.05, 4.69) is 52.4 Å². The topological polar surface area (TPSA) is 64.8 Å². The van der Waals surface area contributed by atoms with Gasteiger partial charge in [-0.25, -0.2) is 4.79 Å². The summed E-state index contributed by atoms with van der Waals surface area (Å²) in [4.78, 5) is 16.8. The average molecular weight is 458 g/mol. The van der Waals surface area contributed by atoms with Crippen LogP contribution in [0.3, 0.4) is 0 Å². The maximum Gasteiger partial charge on any atom is 0.411 e. The number of carbonyl (C=O) groups is 1. The number of aromatic nitrogens is 1. The molecule has 2 aromatic carbocycles. The summed E-state index contributed by atoms with van der Waals surface area (Å²) in [5.41, 5.74) is 6.35. The minimum Gasteiger partial charge on any atom is -0.494 e. The van der Waals surface area contributed by atoms with Crippen LogP contribution in [0.25, 0.3) is 22.2 Å². The number of rotatable bonds is 7. The average Bonchev–Trinajstić information content (AvgIpc) is 3.39. The van der Waals surface area contributed by atoms with Gasteiger partial charge in [0, 0.05) is 28.7 Å². The van der Waals surface area contributed by atoms with Gasteiger partial charge in [0.1, 0.15) is 5.75 Å². The lowest BCUT2D eigenvalue weighted by molar-refractivity contribution is 0.130. The number of benzene rings is 2. The van der Waals surface area contributed by atoms with Crippen molar-refractivity contribution < 1.29 is 14.3 Å². The van der Waals surface area contributed by atoms with Crippen LogP contribution in [0.5, 0.6) is 5.75 Å². The van der Waals surface area contributed by atoms with Crippen molar-refractivity contribution in [2.24, 2.45) is 4.99 Å². The molecule has 2 aliphatic rings. The molecule has 1 aliphatic heterocycles. The highest BCUT2D eigenvalue weighted by Crippen LogP contribution is 2.44. The molecule has 6 nitrogen and oxygen atoms in total. The van der Waals surface area contributed by atoms with Crippen LogP contribution < -0.4 is 10.1 Å². The number of aliphatic imine (C=N–C) groups is 1. The highest BCUT2D eigenvalue weighted by molar-refractivity contribution is 6.21. The third-order valence-electron chi connectivity index (χ3n) is 6.37. The molecular formula is C28H31N3O3. The largest absolute Gasteiger partial charge is 0.494 e. The summed E-state index contributed by atoms with van der Waals surface area (Å²) in [7, 11) is 0. The van der Waals surface area contributed by atoms with Crippen LogP contribution in [0.4, 0.5) is 10.5 Å². The summed E-state index contributed by atoms with van der Waals surface area (Å²) >= 11 is 0. The first-order valence-electron chi connectivity index (χ1n) is 12.1. The number of nitrogens with zero attached hydrogens (tertiary/aromatic N) is 2. The zero-order chi connectivity index (χ0) is 23.7. The molecule has 176 valence electrons. The number of allylic oxidation sites excluding steroid dienone is 1. The normalized spacial score (nSPS) is 15.5. The van der Waals surface area contributed by atoms with Crippen LogP contribution in [0, 0.1) is 0 Å². The number of anilines is 1. The molecule has 2 heterocycles. The van der Waals surface area contributed by atoms with Gasteiger partial charge < -0.3 is 14.0 Å². The van der Waals surface area contributed by atoms with Crippen molar-refractivity contribution >= 4 is 28.4 Å². The van der Waals surface area contributed by atoms with Gasteiger partial charge in [-0.2, -0.15) is 0 Å². The van der Waals surface area contributed by atoms with Crippen molar-refractivity contribution in [3.8, 4) is 17.0 Å². The van der Waals surface area contributed by atoms with Gasteiger partial charge in [-0.1, -0.05) is 18.2 Å². The van der Waals surface area contributed by atoms with E-state index >= 15 is 0 Å². The number of carbonyl (C=O) groups excluding carboxylic acids is 1. The van der Waals surface area contributed by atoms with E-state index in [1.807, 2.05) is 32.9 Å². The van der Waals surface area contributed by atoms with Crippen LogP contribution in [0.1, 0.15) is 51.6 Å². The first-order chi connectivity index (χ1) is 16.5. The lowest BCUT2D eigenvalue weighted by Crippen LogP contribution is -2.18. The number of hydrogen-bond acceptors (Lipinski definition) is 4. The molecular weight excluding hydrogens is 426 g/mol. The van der Waals surface area contributed by atoms with Gasteiger partial charge in [0.25, 0.3) is 0 Å². The zero-order valence-electron chi connectivity index (χ0n) is 20.0. The SMILES string of the molecule is CCOc1ccc2c(C3=NCC=C3)c(-c3ccc(NC(=O)OC(C)C)cc3)n(C3CCC3)c2c1. The fraction of sp³-hybridized carbons (Fsp3) is 0.357. The van der Waals surface area contributed by atoms with Crippen LogP contribution in [0.15, 0.2) is 59.6 Å². The van der Waals surface area contributed by atoms with E-state index in [-0.39, 0.29) is 6.10 Å². The molecule has 1 N–H and O–H groups in total. The number of hydrogen-bond donors (Lipinski definition) is 1. The van der Waals surface area contributed by atoms with E-state index in [0.29, 0.717) is 24.9 Å². The lowest BCUT2D eigenvalue weighted by Gasteiger charge is -2.30. The number of amides is 1. The van der Waals surface area contributed by atoms with Gasteiger partial charge >= 0.3 is 6.09 Å². The summed E-state index contributed by atoms with van der Waals surface area (Å²) in [5, 5.41) is 4.00. The highest BCUT2D eigenvalue weighted by Gasteiger charge is 2.29. The van der Waals surface area contributed by atoms with Crippen LogP contribution in [0.2, 0.25) is 0 Å². The molecule has 0 spiro atoms.